The van der Waals surface area contributed by atoms with E-state index in [2.05, 4.69) is 22.7 Å². The molecule has 1 heterocycles. The largest absolute Gasteiger partial charge is 0.358 e. The highest BCUT2D eigenvalue weighted by molar-refractivity contribution is 7.80. The number of amides is 1. The number of thiocarbonyl (C=S) groups is 1. The Morgan fingerprint density at radius 3 is 2.90 bits per heavy atom. The fraction of sp³-hybridized carbons (Fsp3) is 0.143. The Bertz CT molecular complexity index is 635. The molecule has 2 rings (SSSR count). The van der Waals surface area contributed by atoms with E-state index in [1.165, 1.54) is 0 Å². The number of para-hydroxylation sites is 1. The molecule has 0 radical (unpaired) electrons. The van der Waals surface area contributed by atoms with Crippen LogP contribution in [0, 0.1) is 0 Å². The van der Waals surface area contributed by atoms with E-state index in [4.69, 9.17) is 12.2 Å². The van der Waals surface area contributed by atoms with Crippen molar-refractivity contribution in [3.05, 3.63) is 49.2 Å². The summed E-state index contributed by atoms with van der Waals surface area (Å²) in [6.45, 7) is 4.34. The maximum atomic E-state index is 11.8. The third-order valence-corrected chi connectivity index (χ3v) is 2.96. The van der Waals surface area contributed by atoms with Crippen molar-refractivity contribution < 1.29 is 4.79 Å². The summed E-state index contributed by atoms with van der Waals surface area (Å²) in [4.78, 5) is 11.8. The zero-order valence-electron chi connectivity index (χ0n) is 10.9. The van der Waals surface area contributed by atoms with Gasteiger partial charge in [0.1, 0.15) is 6.54 Å². The van der Waals surface area contributed by atoms with E-state index in [1.54, 1.807) is 6.08 Å². The van der Waals surface area contributed by atoms with Gasteiger partial charge in [0.25, 0.3) is 5.91 Å². The van der Waals surface area contributed by atoms with Gasteiger partial charge in [-0.2, -0.15) is 0 Å². The third-order valence-electron chi connectivity index (χ3n) is 2.72. The molecular formula is C14H16N4OS. The molecule has 0 atom stereocenters. The highest BCUT2D eigenvalue weighted by Gasteiger charge is 2.05. The number of benzene rings is 1. The number of nitrogens with zero attached hydrogens (tertiary/aromatic N) is 1. The number of hydrazine groups is 1. The first-order chi connectivity index (χ1) is 9.70. The fourth-order valence-corrected chi connectivity index (χ4v) is 1.94. The molecule has 3 N–H and O–H groups in total. The maximum absolute atomic E-state index is 11.8. The third kappa shape index (κ3) is 3.58. The number of aromatic nitrogens is 1. The van der Waals surface area contributed by atoms with E-state index in [1.807, 2.05) is 41.1 Å². The van der Waals surface area contributed by atoms with Crippen LogP contribution in [0.25, 0.3) is 10.9 Å². The van der Waals surface area contributed by atoms with Gasteiger partial charge in [-0.15, -0.1) is 6.58 Å². The average molecular weight is 288 g/mol. The number of fused-ring (bicyclic) bond motifs is 1. The molecule has 0 aliphatic carbocycles. The second-order valence-electron chi connectivity index (χ2n) is 4.17. The average Bonchev–Trinajstić information content (AvgIpc) is 2.86. The zero-order chi connectivity index (χ0) is 14.4. The predicted molar refractivity (Wildman–Crippen MR) is 84.0 cm³/mol. The van der Waals surface area contributed by atoms with Crippen LogP contribution in [0.2, 0.25) is 0 Å². The monoisotopic (exact) mass is 288 g/mol. The van der Waals surface area contributed by atoms with Gasteiger partial charge >= 0.3 is 0 Å². The van der Waals surface area contributed by atoms with Crippen LogP contribution in [0.15, 0.2) is 49.2 Å². The smallest absolute Gasteiger partial charge is 0.258 e. The van der Waals surface area contributed by atoms with Crippen LogP contribution in [-0.2, 0) is 11.3 Å². The minimum atomic E-state index is -0.172. The number of carbonyl (C=O) groups excluding carboxylic acids is 1. The first-order valence-electron chi connectivity index (χ1n) is 6.18. The Morgan fingerprint density at radius 1 is 1.30 bits per heavy atom. The molecule has 0 bridgehead atoms. The van der Waals surface area contributed by atoms with Gasteiger partial charge in [-0.1, -0.05) is 24.3 Å². The Balaban J connectivity index is 1.88. The van der Waals surface area contributed by atoms with Crippen molar-refractivity contribution in [2.75, 3.05) is 6.54 Å². The topological polar surface area (TPSA) is 58.1 Å². The number of rotatable bonds is 4. The fourth-order valence-electron chi connectivity index (χ4n) is 1.81. The van der Waals surface area contributed by atoms with E-state index in [9.17, 15) is 4.79 Å². The van der Waals surface area contributed by atoms with E-state index in [0.717, 1.165) is 10.9 Å². The zero-order valence-corrected chi connectivity index (χ0v) is 11.7. The number of nitrogens with one attached hydrogen (secondary N) is 3. The van der Waals surface area contributed by atoms with E-state index >= 15 is 0 Å². The van der Waals surface area contributed by atoms with Crippen molar-refractivity contribution in [1.29, 1.82) is 0 Å². The van der Waals surface area contributed by atoms with Gasteiger partial charge in [0.15, 0.2) is 5.11 Å². The first kappa shape index (κ1) is 14.1. The SMILES string of the molecule is C=CCNC(=S)NNC(=O)Cn1ccc2ccccc21. The molecule has 1 aromatic carbocycles. The second-order valence-corrected chi connectivity index (χ2v) is 4.58. The molecular weight excluding hydrogens is 272 g/mol. The lowest BCUT2D eigenvalue weighted by Gasteiger charge is -2.11. The van der Waals surface area contributed by atoms with Crippen LogP contribution in [0.4, 0.5) is 0 Å². The lowest BCUT2D eigenvalue weighted by molar-refractivity contribution is -0.122. The summed E-state index contributed by atoms with van der Waals surface area (Å²) in [6, 6.07) is 9.89. The van der Waals surface area contributed by atoms with Crippen LogP contribution in [0.1, 0.15) is 0 Å². The van der Waals surface area contributed by atoms with Crippen molar-refractivity contribution in [2.45, 2.75) is 6.54 Å². The number of hydrogen-bond acceptors (Lipinski definition) is 2. The van der Waals surface area contributed by atoms with Crippen molar-refractivity contribution >= 4 is 34.1 Å². The van der Waals surface area contributed by atoms with Crippen LogP contribution in [-0.4, -0.2) is 22.1 Å². The minimum absolute atomic E-state index is 0.172. The summed E-state index contributed by atoms with van der Waals surface area (Å²) >= 11 is 4.97. The molecule has 0 saturated carbocycles. The Labute approximate surface area is 122 Å². The minimum Gasteiger partial charge on any atom is -0.358 e. The van der Waals surface area contributed by atoms with E-state index in [0.29, 0.717) is 11.7 Å². The van der Waals surface area contributed by atoms with Gasteiger partial charge < -0.3 is 9.88 Å². The van der Waals surface area contributed by atoms with Gasteiger partial charge in [0.2, 0.25) is 0 Å². The molecule has 0 aliphatic heterocycles. The summed E-state index contributed by atoms with van der Waals surface area (Å²) in [5.41, 5.74) is 6.21. The normalized spacial score (nSPS) is 10.0. The standard InChI is InChI=1S/C14H16N4OS/c1-2-8-15-14(20)17-16-13(19)10-18-9-7-11-5-3-4-6-12(11)18/h2-7,9H,1,8,10H2,(H,16,19)(H2,15,17,20). The van der Waals surface area contributed by atoms with Crippen LogP contribution in [0.5, 0.6) is 0 Å². The molecule has 5 nitrogen and oxygen atoms in total. The van der Waals surface area contributed by atoms with Crippen LogP contribution in [0.3, 0.4) is 0 Å². The number of carbonyl (C=O) groups is 1. The molecule has 0 fully saturated rings. The summed E-state index contributed by atoms with van der Waals surface area (Å²) in [6.07, 6.45) is 3.57. The van der Waals surface area contributed by atoms with E-state index < -0.39 is 0 Å². The van der Waals surface area contributed by atoms with Gasteiger partial charge in [0.05, 0.1) is 0 Å². The van der Waals surface area contributed by atoms with Crippen molar-refractivity contribution in [3.63, 3.8) is 0 Å². The molecule has 6 heteroatoms. The van der Waals surface area contributed by atoms with E-state index in [-0.39, 0.29) is 12.5 Å². The predicted octanol–water partition coefficient (Wildman–Crippen LogP) is 1.32. The molecule has 0 saturated heterocycles. The highest BCUT2D eigenvalue weighted by Crippen LogP contribution is 2.14. The molecule has 0 unspecified atom stereocenters. The molecule has 104 valence electrons. The highest BCUT2D eigenvalue weighted by atomic mass is 32.1. The molecule has 20 heavy (non-hydrogen) atoms. The second kappa shape index (κ2) is 6.72. The Kier molecular flexibility index (Phi) is 4.73. The molecule has 1 amide bonds. The van der Waals surface area contributed by atoms with Gasteiger partial charge in [-0.05, 0) is 29.7 Å². The van der Waals surface area contributed by atoms with Crippen molar-refractivity contribution in [1.82, 2.24) is 20.7 Å². The van der Waals surface area contributed by atoms with Gasteiger partial charge in [-0.3, -0.25) is 15.6 Å². The lowest BCUT2D eigenvalue weighted by atomic mass is 10.2. The first-order valence-corrected chi connectivity index (χ1v) is 6.59. The molecule has 1 aromatic heterocycles. The summed E-state index contributed by atoms with van der Waals surface area (Å²) in [7, 11) is 0. The molecule has 0 aliphatic rings. The summed E-state index contributed by atoms with van der Waals surface area (Å²) < 4.78 is 1.88. The number of hydrogen-bond donors (Lipinski definition) is 3. The maximum Gasteiger partial charge on any atom is 0.258 e. The van der Waals surface area contributed by atoms with Crippen LogP contribution >= 0.6 is 12.2 Å². The molecule has 0 spiro atoms. The lowest BCUT2D eigenvalue weighted by Crippen LogP contribution is -2.47. The Hall–Kier alpha value is -2.34. The van der Waals surface area contributed by atoms with Crippen molar-refractivity contribution in [3.8, 4) is 0 Å². The summed E-state index contributed by atoms with van der Waals surface area (Å²) in [5, 5.41) is 4.32. The quantitative estimate of drug-likeness (QED) is 0.451. The summed E-state index contributed by atoms with van der Waals surface area (Å²) in [5.74, 6) is -0.172. The van der Waals surface area contributed by atoms with Crippen LogP contribution < -0.4 is 16.2 Å². The van der Waals surface area contributed by atoms with Gasteiger partial charge in [0, 0.05) is 18.3 Å². The van der Waals surface area contributed by atoms with Crippen molar-refractivity contribution in [2.24, 2.45) is 0 Å². The Morgan fingerprint density at radius 2 is 2.10 bits per heavy atom. The van der Waals surface area contributed by atoms with Gasteiger partial charge in [-0.25, -0.2) is 0 Å². The molecule has 2 aromatic rings.